The van der Waals surface area contributed by atoms with Crippen molar-refractivity contribution in [3.8, 4) is 0 Å². The highest BCUT2D eigenvalue weighted by molar-refractivity contribution is 9.10. The lowest BCUT2D eigenvalue weighted by molar-refractivity contribution is -0.444. The fourth-order valence-electron chi connectivity index (χ4n) is 0.874. The van der Waals surface area contributed by atoms with Crippen molar-refractivity contribution in [2.24, 2.45) is 5.11 Å². The maximum Gasteiger partial charge on any atom is 0.244 e. The second kappa shape index (κ2) is 5.02. The predicted molar refractivity (Wildman–Crippen MR) is 60.0 cm³/mol. The molecule has 0 radical (unpaired) electrons. The Morgan fingerprint density at radius 3 is 2.47 bits per heavy atom. The van der Waals surface area contributed by atoms with Gasteiger partial charge >= 0.3 is 0 Å². The number of benzene rings is 1. The molecule has 0 bridgehead atoms. The van der Waals surface area contributed by atoms with Crippen LogP contribution in [0.1, 0.15) is 13.8 Å². The molecule has 15 heavy (non-hydrogen) atoms. The Bertz CT molecular complexity index is 387. The monoisotopic (exact) mass is 270 g/mol. The van der Waals surface area contributed by atoms with Crippen LogP contribution in [0.25, 0.3) is 0 Å². The van der Waals surface area contributed by atoms with Crippen LogP contribution in [0, 0.1) is 5.21 Å². The first-order chi connectivity index (χ1) is 7.00. The number of azo groups is 1. The number of carbonyl (C=O) groups excluding carboxylic acids is 1. The summed E-state index contributed by atoms with van der Waals surface area (Å²) >= 11 is 3.26. The van der Waals surface area contributed by atoms with Gasteiger partial charge in [-0.2, -0.15) is 0 Å². The topological polar surface area (TPSA) is 55.5 Å². The van der Waals surface area contributed by atoms with Crippen LogP contribution in [0.5, 0.6) is 0 Å². The molecule has 0 saturated heterocycles. The third kappa shape index (κ3) is 3.43. The second-order valence-electron chi connectivity index (χ2n) is 3.15. The molecular weight excluding hydrogens is 260 g/mol. The van der Waals surface area contributed by atoms with E-state index in [-0.39, 0.29) is 5.78 Å². The highest BCUT2D eigenvalue weighted by atomic mass is 79.9. The maximum absolute atomic E-state index is 11.5. The minimum Gasteiger partial charge on any atom is -0.594 e. The van der Waals surface area contributed by atoms with Gasteiger partial charge in [-0.1, -0.05) is 20.8 Å². The molecule has 0 amide bonds. The van der Waals surface area contributed by atoms with Gasteiger partial charge in [-0.25, -0.2) is 0 Å². The number of nitrogens with zero attached hydrogens (tertiary/aromatic N) is 2. The van der Waals surface area contributed by atoms with Crippen LogP contribution in [0.3, 0.4) is 0 Å². The summed E-state index contributed by atoms with van der Waals surface area (Å²) in [4.78, 5) is 11.4. The molecule has 80 valence electrons. The Balaban J connectivity index is 2.89. The number of hydrogen-bond acceptors (Lipinski definition) is 3. The summed E-state index contributed by atoms with van der Waals surface area (Å²) < 4.78 is 0.888. The maximum atomic E-state index is 11.5. The molecule has 0 fully saturated rings. The first kappa shape index (κ1) is 11.8. The molecule has 1 atom stereocenters. The van der Waals surface area contributed by atoms with Crippen molar-refractivity contribution in [2.75, 3.05) is 0 Å². The third-order valence-corrected chi connectivity index (χ3v) is 2.44. The van der Waals surface area contributed by atoms with E-state index < -0.39 is 6.04 Å². The zero-order chi connectivity index (χ0) is 11.4. The Hall–Kier alpha value is -1.23. The lowest BCUT2D eigenvalue weighted by Gasteiger charge is -2.02. The van der Waals surface area contributed by atoms with E-state index in [1.807, 2.05) is 0 Å². The zero-order valence-electron chi connectivity index (χ0n) is 8.48. The van der Waals surface area contributed by atoms with Gasteiger partial charge in [0.25, 0.3) is 0 Å². The van der Waals surface area contributed by atoms with E-state index in [9.17, 15) is 10.0 Å². The molecule has 0 spiro atoms. The van der Waals surface area contributed by atoms with Crippen LogP contribution in [0.15, 0.2) is 33.9 Å². The van der Waals surface area contributed by atoms with Crippen LogP contribution in [0.2, 0.25) is 0 Å². The molecule has 0 saturated carbocycles. The Kier molecular flexibility index (Phi) is 3.96. The highest BCUT2D eigenvalue weighted by Crippen LogP contribution is 2.16. The average molecular weight is 271 g/mol. The third-order valence-electron chi connectivity index (χ3n) is 1.91. The molecule has 0 aliphatic heterocycles. The van der Waals surface area contributed by atoms with E-state index in [1.54, 1.807) is 31.2 Å². The number of carbonyl (C=O) groups is 1. The molecule has 0 unspecified atom stereocenters. The Labute approximate surface area is 96.3 Å². The molecule has 0 aromatic heterocycles. The van der Waals surface area contributed by atoms with Gasteiger partial charge in [-0.15, -0.1) is 0 Å². The van der Waals surface area contributed by atoms with Crippen molar-refractivity contribution in [1.29, 1.82) is 0 Å². The molecule has 5 heteroatoms. The first-order valence-corrected chi connectivity index (χ1v) is 5.24. The van der Waals surface area contributed by atoms with Crippen molar-refractivity contribution in [3.63, 3.8) is 0 Å². The van der Waals surface area contributed by atoms with E-state index in [4.69, 9.17) is 0 Å². The highest BCUT2D eigenvalue weighted by Gasteiger charge is 2.11. The summed E-state index contributed by atoms with van der Waals surface area (Å²) in [5.41, 5.74) is 0.409. The predicted octanol–water partition coefficient (Wildman–Crippen LogP) is 3.02. The zero-order valence-corrected chi connectivity index (χ0v) is 10.1. The largest absolute Gasteiger partial charge is 0.594 e. The number of halogens is 1. The number of ketones is 1. The lowest BCUT2D eigenvalue weighted by Crippen LogP contribution is -2.12. The van der Waals surface area contributed by atoms with Gasteiger partial charge < -0.3 is 5.21 Å². The van der Waals surface area contributed by atoms with Crippen LogP contribution >= 0.6 is 15.9 Å². The molecule has 4 nitrogen and oxygen atoms in total. The van der Waals surface area contributed by atoms with Crippen molar-refractivity contribution in [3.05, 3.63) is 33.9 Å². The van der Waals surface area contributed by atoms with Crippen molar-refractivity contribution < 1.29 is 9.66 Å². The molecule has 1 aromatic rings. The summed E-state index contributed by atoms with van der Waals surface area (Å²) in [6.07, 6.45) is 0. The van der Waals surface area contributed by atoms with E-state index >= 15 is 0 Å². The van der Waals surface area contributed by atoms with Gasteiger partial charge in [-0.3, -0.25) is 4.79 Å². The second-order valence-corrected chi connectivity index (χ2v) is 4.07. The standard InChI is InChI=1S/C10H11BrN2O2/c1-7(8(2)14)12-13(15)10-5-3-9(11)4-6-10/h3-7H,1-2H3/t7-/m0/s1. The number of rotatable bonds is 3. The quantitative estimate of drug-likeness (QED) is 0.482. The number of hydrogen-bond donors (Lipinski definition) is 0. The molecule has 0 aliphatic rings. The molecule has 1 rings (SSSR count). The van der Waals surface area contributed by atoms with E-state index in [0.717, 1.165) is 4.47 Å². The molecule has 0 heterocycles. The van der Waals surface area contributed by atoms with E-state index in [1.165, 1.54) is 6.92 Å². The van der Waals surface area contributed by atoms with Crippen LogP contribution in [0.4, 0.5) is 5.69 Å². The van der Waals surface area contributed by atoms with Gasteiger partial charge in [0, 0.05) is 16.6 Å². The van der Waals surface area contributed by atoms with Gasteiger partial charge in [-0.05, 0) is 31.1 Å². The van der Waals surface area contributed by atoms with E-state index in [2.05, 4.69) is 21.0 Å². The van der Waals surface area contributed by atoms with Crippen LogP contribution < -0.4 is 0 Å². The van der Waals surface area contributed by atoms with Crippen molar-refractivity contribution in [1.82, 2.24) is 0 Å². The number of Topliss-reactive ketones (excluding diaryl/α,β-unsaturated/α-hetero) is 1. The van der Waals surface area contributed by atoms with Gasteiger partial charge in [0.1, 0.15) is 0 Å². The van der Waals surface area contributed by atoms with Crippen LogP contribution in [-0.2, 0) is 4.79 Å². The smallest absolute Gasteiger partial charge is 0.244 e. The van der Waals surface area contributed by atoms with Gasteiger partial charge in [0.2, 0.25) is 5.69 Å². The molecular formula is C10H11BrN2O2. The first-order valence-electron chi connectivity index (χ1n) is 4.44. The summed E-state index contributed by atoms with van der Waals surface area (Å²) in [6.45, 7) is 3.00. The summed E-state index contributed by atoms with van der Waals surface area (Å²) in [5, 5.41) is 15.1. The molecule has 1 aromatic carbocycles. The Morgan fingerprint density at radius 1 is 1.47 bits per heavy atom. The molecule has 0 N–H and O–H groups in total. The average Bonchev–Trinajstić information content (AvgIpc) is 2.18. The minimum absolute atomic E-state index is 0.132. The van der Waals surface area contributed by atoms with Gasteiger partial charge in [0.05, 0.1) is 0 Å². The summed E-state index contributed by atoms with van der Waals surface area (Å²) in [7, 11) is 0. The normalized spacial score (nSPS) is 13.7. The van der Waals surface area contributed by atoms with Crippen molar-refractivity contribution >= 4 is 27.4 Å². The fourth-order valence-corrected chi connectivity index (χ4v) is 1.14. The summed E-state index contributed by atoms with van der Waals surface area (Å²) in [5.74, 6) is -0.132. The van der Waals surface area contributed by atoms with Crippen LogP contribution in [-0.4, -0.2) is 16.7 Å². The molecule has 0 aliphatic carbocycles. The lowest BCUT2D eigenvalue weighted by atomic mass is 10.3. The fraction of sp³-hybridized carbons (Fsp3) is 0.300. The summed E-state index contributed by atoms with van der Waals surface area (Å²) in [6, 6.07) is 6.15. The van der Waals surface area contributed by atoms with Gasteiger partial charge in [0.15, 0.2) is 11.8 Å². The SMILES string of the molecule is CC(=O)[C@H](C)N=[N+]([O-])c1ccc(Br)cc1. The Morgan fingerprint density at radius 2 is 2.00 bits per heavy atom. The van der Waals surface area contributed by atoms with E-state index in [0.29, 0.717) is 10.5 Å². The minimum atomic E-state index is -0.605. The van der Waals surface area contributed by atoms with Crippen molar-refractivity contribution in [2.45, 2.75) is 19.9 Å².